The lowest BCUT2D eigenvalue weighted by Gasteiger charge is -2.44. The van der Waals surface area contributed by atoms with Crippen molar-refractivity contribution in [1.82, 2.24) is 0 Å². The lowest BCUT2D eigenvalue weighted by molar-refractivity contribution is -0.365. The molecular formula is C13H19F5O3. The largest absolute Gasteiger partial charge is 0.450 e. The van der Waals surface area contributed by atoms with Gasteiger partial charge in [-0.1, -0.05) is 19.9 Å². The van der Waals surface area contributed by atoms with E-state index in [1.54, 1.807) is 0 Å². The Labute approximate surface area is 119 Å². The number of carbonyl (C=O) groups excluding carboxylic acids is 1. The van der Waals surface area contributed by atoms with Crippen molar-refractivity contribution < 1.29 is 36.6 Å². The van der Waals surface area contributed by atoms with E-state index in [0.717, 1.165) is 0 Å². The van der Waals surface area contributed by atoms with Crippen LogP contribution in [-0.2, 0) is 9.53 Å². The molecule has 0 aliphatic carbocycles. The molecule has 0 aromatic rings. The fraction of sp³-hybridized carbons (Fsp3) is 0.769. The Morgan fingerprint density at radius 1 is 1.19 bits per heavy atom. The van der Waals surface area contributed by atoms with Gasteiger partial charge in [-0.05, 0) is 27.2 Å². The molecule has 1 N–H and O–H groups in total. The van der Waals surface area contributed by atoms with Crippen molar-refractivity contribution in [2.24, 2.45) is 0 Å². The van der Waals surface area contributed by atoms with Gasteiger partial charge in [-0.15, -0.1) is 0 Å². The fourth-order valence-electron chi connectivity index (χ4n) is 1.72. The van der Waals surface area contributed by atoms with Gasteiger partial charge in [0.15, 0.2) is 5.60 Å². The van der Waals surface area contributed by atoms with Crippen LogP contribution < -0.4 is 0 Å². The van der Waals surface area contributed by atoms with Gasteiger partial charge in [0.05, 0.1) is 0 Å². The first-order valence-electron chi connectivity index (χ1n) is 6.20. The third kappa shape index (κ3) is 3.53. The van der Waals surface area contributed by atoms with E-state index < -0.39 is 35.7 Å². The van der Waals surface area contributed by atoms with Crippen molar-refractivity contribution in [2.45, 2.75) is 63.8 Å². The predicted molar refractivity (Wildman–Crippen MR) is 65.8 cm³/mol. The number of alkyl halides is 5. The molecule has 3 nitrogen and oxygen atoms in total. The Balaban J connectivity index is 5.77. The number of esters is 1. The second-order valence-electron chi connectivity index (χ2n) is 5.36. The Kier molecular flexibility index (Phi) is 5.57. The molecule has 0 spiro atoms. The summed E-state index contributed by atoms with van der Waals surface area (Å²) in [5, 5.41) is 9.57. The number of hydrogen-bond acceptors (Lipinski definition) is 3. The molecular weight excluding hydrogens is 299 g/mol. The van der Waals surface area contributed by atoms with E-state index >= 15 is 0 Å². The minimum atomic E-state index is -5.58. The topological polar surface area (TPSA) is 46.5 Å². The van der Waals surface area contributed by atoms with Gasteiger partial charge < -0.3 is 9.84 Å². The molecule has 1 atom stereocenters. The SMILES string of the molecule is C=C(C)C(=O)OC(C)(C)C(F)(F)C(O)(CCC)C(F)(F)F. The Morgan fingerprint density at radius 2 is 1.62 bits per heavy atom. The number of carbonyl (C=O) groups is 1. The number of rotatable bonds is 6. The summed E-state index contributed by atoms with van der Waals surface area (Å²) in [7, 11) is 0. The zero-order valence-corrected chi connectivity index (χ0v) is 12.3. The summed E-state index contributed by atoms with van der Waals surface area (Å²) < 4.78 is 71.7. The van der Waals surface area contributed by atoms with Crippen molar-refractivity contribution in [3.63, 3.8) is 0 Å². The van der Waals surface area contributed by atoms with E-state index in [2.05, 4.69) is 11.3 Å². The maximum absolute atomic E-state index is 14.3. The molecule has 8 heteroatoms. The van der Waals surface area contributed by atoms with Gasteiger partial charge in [0.2, 0.25) is 5.60 Å². The third-order valence-electron chi connectivity index (χ3n) is 3.05. The summed E-state index contributed by atoms with van der Waals surface area (Å²) in [6.45, 7) is 6.77. The maximum Gasteiger partial charge on any atom is 0.423 e. The zero-order valence-electron chi connectivity index (χ0n) is 12.3. The molecule has 0 aromatic heterocycles. The van der Waals surface area contributed by atoms with Crippen molar-refractivity contribution in [3.05, 3.63) is 12.2 Å². The summed E-state index contributed by atoms with van der Waals surface area (Å²) in [6, 6.07) is 0. The Morgan fingerprint density at radius 3 is 1.90 bits per heavy atom. The van der Waals surface area contributed by atoms with Gasteiger partial charge in [-0.3, -0.25) is 0 Å². The van der Waals surface area contributed by atoms with Crippen LogP contribution in [0.3, 0.4) is 0 Å². The normalized spacial score (nSPS) is 16.3. The van der Waals surface area contributed by atoms with Gasteiger partial charge in [0.1, 0.15) is 0 Å². The standard InChI is InChI=1S/C13H19F5O3/c1-6-7-11(20,13(16,17)18)12(14,15)10(4,5)21-9(19)8(2)3/h20H,2,6-7H2,1,3-5H3. The van der Waals surface area contributed by atoms with Gasteiger partial charge in [-0.25, -0.2) is 4.79 Å². The smallest absolute Gasteiger partial charge is 0.423 e. The van der Waals surface area contributed by atoms with Gasteiger partial charge in [0.25, 0.3) is 0 Å². The molecule has 1 unspecified atom stereocenters. The number of ether oxygens (including phenoxy) is 1. The lowest BCUT2D eigenvalue weighted by atomic mass is 9.80. The van der Waals surface area contributed by atoms with Crippen molar-refractivity contribution in [3.8, 4) is 0 Å². The highest BCUT2D eigenvalue weighted by Crippen LogP contribution is 2.51. The molecule has 0 bridgehead atoms. The van der Waals surface area contributed by atoms with Crippen LogP contribution in [0.5, 0.6) is 0 Å². The molecule has 0 amide bonds. The molecule has 0 heterocycles. The van der Waals surface area contributed by atoms with Gasteiger partial charge in [0, 0.05) is 5.57 Å². The van der Waals surface area contributed by atoms with Crippen LogP contribution >= 0.6 is 0 Å². The number of halogens is 5. The van der Waals surface area contributed by atoms with Gasteiger partial charge >= 0.3 is 18.1 Å². The maximum atomic E-state index is 14.3. The summed E-state index contributed by atoms with van der Waals surface area (Å²) in [4.78, 5) is 11.3. The molecule has 0 aliphatic heterocycles. The van der Waals surface area contributed by atoms with Crippen LogP contribution in [0.25, 0.3) is 0 Å². The van der Waals surface area contributed by atoms with Crippen molar-refractivity contribution in [2.75, 3.05) is 0 Å². The van der Waals surface area contributed by atoms with E-state index in [9.17, 15) is 31.9 Å². The summed E-state index contributed by atoms with van der Waals surface area (Å²) in [5.74, 6) is -6.01. The van der Waals surface area contributed by atoms with Crippen molar-refractivity contribution in [1.29, 1.82) is 0 Å². The minimum Gasteiger partial charge on any atom is -0.450 e. The molecule has 0 saturated heterocycles. The summed E-state index contributed by atoms with van der Waals surface area (Å²) in [6.07, 6.45) is -7.15. The quantitative estimate of drug-likeness (QED) is 0.462. The van der Waals surface area contributed by atoms with Crippen LogP contribution in [-0.4, -0.2) is 34.4 Å². The summed E-state index contributed by atoms with van der Waals surface area (Å²) in [5.41, 5.74) is -7.42. The van der Waals surface area contributed by atoms with Crippen LogP contribution in [0.15, 0.2) is 12.2 Å². The average Bonchev–Trinajstić information content (AvgIpc) is 2.26. The fourth-order valence-corrected chi connectivity index (χ4v) is 1.72. The van der Waals surface area contributed by atoms with Crippen LogP contribution in [0.1, 0.15) is 40.5 Å². The average molecular weight is 318 g/mol. The Hall–Kier alpha value is -1.18. The predicted octanol–water partition coefficient (Wildman–Crippen LogP) is 3.61. The summed E-state index contributed by atoms with van der Waals surface area (Å²) >= 11 is 0. The highest BCUT2D eigenvalue weighted by molar-refractivity contribution is 5.87. The first-order chi connectivity index (χ1) is 9.14. The number of hydrogen-bond donors (Lipinski definition) is 1. The Bertz CT molecular complexity index is 415. The highest BCUT2D eigenvalue weighted by atomic mass is 19.4. The zero-order chi connectivity index (χ0) is 17.3. The molecule has 0 saturated carbocycles. The molecule has 0 aromatic carbocycles. The van der Waals surface area contributed by atoms with Crippen LogP contribution in [0.4, 0.5) is 22.0 Å². The van der Waals surface area contributed by atoms with E-state index in [1.165, 1.54) is 13.8 Å². The van der Waals surface area contributed by atoms with E-state index in [4.69, 9.17) is 0 Å². The van der Waals surface area contributed by atoms with E-state index in [-0.39, 0.29) is 12.0 Å². The molecule has 0 fully saturated rings. The van der Waals surface area contributed by atoms with Crippen LogP contribution in [0, 0.1) is 0 Å². The van der Waals surface area contributed by atoms with Crippen molar-refractivity contribution >= 4 is 5.97 Å². The third-order valence-corrected chi connectivity index (χ3v) is 3.05. The second-order valence-corrected chi connectivity index (χ2v) is 5.36. The molecule has 0 aliphatic rings. The van der Waals surface area contributed by atoms with E-state index in [0.29, 0.717) is 13.8 Å². The van der Waals surface area contributed by atoms with Crippen LogP contribution in [0.2, 0.25) is 0 Å². The molecule has 124 valence electrons. The second kappa shape index (κ2) is 5.90. The van der Waals surface area contributed by atoms with E-state index in [1.807, 2.05) is 0 Å². The first kappa shape index (κ1) is 19.8. The highest BCUT2D eigenvalue weighted by Gasteiger charge is 2.74. The monoisotopic (exact) mass is 318 g/mol. The first-order valence-corrected chi connectivity index (χ1v) is 6.20. The lowest BCUT2D eigenvalue weighted by Crippen LogP contribution is -2.67. The molecule has 0 rings (SSSR count). The molecule has 0 radical (unpaired) electrons. The molecule has 21 heavy (non-hydrogen) atoms. The minimum absolute atomic E-state index is 0.245. The van der Waals surface area contributed by atoms with Gasteiger partial charge in [-0.2, -0.15) is 22.0 Å². The number of aliphatic hydroxyl groups is 1.